The van der Waals surface area contributed by atoms with Crippen molar-refractivity contribution in [1.82, 2.24) is 15.1 Å². The third kappa shape index (κ3) is 4.40. The third-order valence-electron chi connectivity index (χ3n) is 5.32. The number of amides is 1. The molecule has 0 aliphatic rings. The largest absolute Gasteiger partial charge is 0.344 e. The van der Waals surface area contributed by atoms with Crippen LogP contribution in [0.4, 0.5) is 4.39 Å². The SMILES string of the molecule is Cc1ccc(C)c(-n2nc(-c3ccc(F)cc3)cc2C(=O)NC(C)c2ccccc2)c1. The Morgan fingerprint density at radius 2 is 1.68 bits per heavy atom. The smallest absolute Gasteiger partial charge is 0.270 e. The maximum Gasteiger partial charge on any atom is 0.270 e. The number of hydrogen-bond acceptors (Lipinski definition) is 2. The van der Waals surface area contributed by atoms with Crippen LogP contribution in [0.2, 0.25) is 0 Å². The fraction of sp³-hybridized carbons (Fsp3) is 0.154. The fourth-order valence-electron chi connectivity index (χ4n) is 3.53. The van der Waals surface area contributed by atoms with Gasteiger partial charge >= 0.3 is 0 Å². The number of carbonyl (C=O) groups is 1. The second-order valence-electron chi connectivity index (χ2n) is 7.73. The van der Waals surface area contributed by atoms with Gasteiger partial charge in [-0.25, -0.2) is 9.07 Å². The van der Waals surface area contributed by atoms with E-state index < -0.39 is 0 Å². The summed E-state index contributed by atoms with van der Waals surface area (Å²) in [5.41, 5.74) is 5.72. The van der Waals surface area contributed by atoms with Gasteiger partial charge in [-0.2, -0.15) is 5.10 Å². The number of hydrogen-bond donors (Lipinski definition) is 1. The molecule has 0 fully saturated rings. The van der Waals surface area contributed by atoms with Crippen LogP contribution in [0.1, 0.15) is 40.1 Å². The lowest BCUT2D eigenvalue weighted by Gasteiger charge is -2.16. The number of carbonyl (C=O) groups excluding carboxylic acids is 1. The van der Waals surface area contributed by atoms with Crippen LogP contribution < -0.4 is 5.32 Å². The standard InChI is InChI=1S/C26H24FN3O/c1-17-9-10-18(2)24(15-17)30-25(16-23(29-30)21-11-13-22(27)14-12-21)26(31)28-19(3)20-7-5-4-6-8-20/h4-16,19H,1-3H3,(H,28,31). The molecular formula is C26H24FN3O. The highest BCUT2D eigenvalue weighted by molar-refractivity contribution is 5.94. The number of halogens is 1. The van der Waals surface area contributed by atoms with Crippen LogP contribution in [-0.2, 0) is 0 Å². The number of aromatic nitrogens is 2. The molecule has 0 aliphatic heterocycles. The van der Waals surface area contributed by atoms with Crippen LogP contribution in [0.5, 0.6) is 0 Å². The molecule has 0 saturated heterocycles. The van der Waals surface area contributed by atoms with Crippen molar-refractivity contribution >= 4 is 5.91 Å². The molecule has 1 unspecified atom stereocenters. The van der Waals surface area contributed by atoms with E-state index >= 15 is 0 Å². The van der Waals surface area contributed by atoms with Gasteiger partial charge in [0.1, 0.15) is 11.5 Å². The van der Waals surface area contributed by atoms with Crippen molar-refractivity contribution in [3.05, 3.63) is 107 Å². The third-order valence-corrected chi connectivity index (χ3v) is 5.32. The zero-order valence-corrected chi connectivity index (χ0v) is 17.8. The molecule has 4 aromatic rings. The van der Waals surface area contributed by atoms with E-state index in [1.807, 2.05) is 69.3 Å². The minimum Gasteiger partial charge on any atom is -0.344 e. The van der Waals surface area contributed by atoms with Crippen molar-refractivity contribution < 1.29 is 9.18 Å². The average molecular weight is 413 g/mol. The second-order valence-corrected chi connectivity index (χ2v) is 7.73. The Balaban J connectivity index is 1.76. The first kappa shape index (κ1) is 20.5. The molecule has 1 aromatic heterocycles. The highest BCUT2D eigenvalue weighted by atomic mass is 19.1. The lowest BCUT2D eigenvalue weighted by molar-refractivity contribution is 0.0932. The molecule has 4 rings (SSSR count). The van der Waals surface area contributed by atoms with Crippen LogP contribution >= 0.6 is 0 Å². The molecule has 1 atom stereocenters. The van der Waals surface area contributed by atoms with Gasteiger partial charge in [0.25, 0.3) is 5.91 Å². The molecule has 1 amide bonds. The lowest BCUT2D eigenvalue weighted by atomic mass is 10.1. The van der Waals surface area contributed by atoms with Crippen LogP contribution in [0.15, 0.2) is 78.9 Å². The Labute approximate surface area is 181 Å². The molecular weight excluding hydrogens is 389 g/mol. The summed E-state index contributed by atoms with van der Waals surface area (Å²) < 4.78 is 15.1. The Hall–Kier alpha value is -3.73. The van der Waals surface area contributed by atoms with E-state index in [-0.39, 0.29) is 17.8 Å². The molecule has 4 nitrogen and oxygen atoms in total. The van der Waals surface area contributed by atoms with Gasteiger partial charge in [-0.05, 0) is 73.9 Å². The molecule has 31 heavy (non-hydrogen) atoms. The topological polar surface area (TPSA) is 46.9 Å². The first-order chi connectivity index (χ1) is 14.9. The maximum atomic E-state index is 13.4. The minimum atomic E-state index is -0.313. The van der Waals surface area contributed by atoms with Crippen molar-refractivity contribution in [3.8, 4) is 16.9 Å². The van der Waals surface area contributed by atoms with Gasteiger partial charge in [-0.15, -0.1) is 0 Å². The zero-order chi connectivity index (χ0) is 22.0. The van der Waals surface area contributed by atoms with Gasteiger partial charge < -0.3 is 5.32 Å². The van der Waals surface area contributed by atoms with E-state index in [2.05, 4.69) is 5.32 Å². The highest BCUT2D eigenvalue weighted by Gasteiger charge is 2.20. The van der Waals surface area contributed by atoms with Gasteiger partial charge in [0.15, 0.2) is 0 Å². The van der Waals surface area contributed by atoms with E-state index in [9.17, 15) is 9.18 Å². The summed E-state index contributed by atoms with van der Waals surface area (Å²) in [7, 11) is 0. The van der Waals surface area contributed by atoms with E-state index in [0.29, 0.717) is 11.4 Å². The monoisotopic (exact) mass is 413 g/mol. The number of aryl methyl sites for hydroxylation is 2. The quantitative estimate of drug-likeness (QED) is 0.450. The summed E-state index contributed by atoms with van der Waals surface area (Å²) >= 11 is 0. The molecule has 0 radical (unpaired) electrons. The average Bonchev–Trinajstić information content (AvgIpc) is 3.22. The summed E-state index contributed by atoms with van der Waals surface area (Å²) in [6.07, 6.45) is 0. The Morgan fingerprint density at radius 1 is 0.968 bits per heavy atom. The molecule has 156 valence electrons. The summed E-state index contributed by atoms with van der Waals surface area (Å²) in [5.74, 6) is -0.537. The van der Waals surface area contributed by atoms with E-state index in [0.717, 1.165) is 27.9 Å². The van der Waals surface area contributed by atoms with Gasteiger partial charge in [-0.3, -0.25) is 4.79 Å². The second kappa shape index (κ2) is 8.56. The van der Waals surface area contributed by atoms with E-state index in [1.165, 1.54) is 12.1 Å². The zero-order valence-electron chi connectivity index (χ0n) is 17.8. The fourth-order valence-corrected chi connectivity index (χ4v) is 3.53. The van der Waals surface area contributed by atoms with Gasteiger partial charge in [-0.1, -0.05) is 42.5 Å². The molecule has 1 N–H and O–H groups in total. The summed E-state index contributed by atoms with van der Waals surface area (Å²) in [5, 5.41) is 7.79. The first-order valence-electron chi connectivity index (χ1n) is 10.2. The Morgan fingerprint density at radius 3 is 2.39 bits per heavy atom. The Kier molecular flexibility index (Phi) is 5.67. The van der Waals surface area contributed by atoms with Crippen LogP contribution in [0, 0.1) is 19.7 Å². The summed E-state index contributed by atoms with van der Waals surface area (Å²) in [6, 6.07) is 23.6. The molecule has 0 bridgehead atoms. The molecule has 0 spiro atoms. The van der Waals surface area contributed by atoms with Gasteiger partial charge in [0.05, 0.1) is 17.4 Å². The van der Waals surface area contributed by atoms with Crippen molar-refractivity contribution in [2.75, 3.05) is 0 Å². The van der Waals surface area contributed by atoms with Crippen molar-refractivity contribution in [1.29, 1.82) is 0 Å². The van der Waals surface area contributed by atoms with Crippen LogP contribution in [-0.4, -0.2) is 15.7 Å². The van der Waals surface area contributed by atoms with Crippen molar-refractivity contribution in [3.63, 3.8) is 0 Å². The van der Waals surface area contributed by atoms with Gasteiger partial charge in [0, 0.05) is 5.56 Å². The molecule has 1 heterocycles. The number of rotatable bonds is 5. The van der Waals surface area contributed by atoms with Crippen LogP contribution in [0.25, 0.3) is 16.9 Å². The highest BCUT2D eigenvalue weighted by Crippen LogP contribution is 2.25. The predicted octanol–water partition coefficient (Wildman–Crippen LogP) is 5.79. The number of nitrogens with zero attached hydrogens (tertiary/aromatic N) is 2. The van der Waals surface area contributed by atoms with E-state index in [4.69, 9.17) is 5.10 Å². The van der Waals surface area contributed by atoms with Gasteiger partial charge in [0.2, 0.25) is 0 Å². The molecule has 3 aromatic carbocycles. The maximum absolute atomic E-state index is 13.4. The van der Waals surface area contributed by atoms with Crippen molar-refractivity contribution in [2.45, 2.75) is 26.8 Å². The molecule has 0 aliphatic carbocycles. The Bertz CT molecular complexity index is 1210. The first-order valence-corrected chi connectivity index (χ1v) is 10.2. The lowest BCUT2D eigenvalue weighted by Crippen LogP contribution is -2.28. The minimum absolute atomic E-state index is 0.162. The number of nitrogens with one attached hydrogen (secondary N) is 1. The van der Waals surface area contributed by atoms with E-state index in [1.54, 1.807) is 22.9 Å². The number of benzene rings is 3. The molecule has 5 heteroatoms. The van der Waals surface area contributed by atoms with Crippen molar-refractivity contribution in [2.24, 2.45) is 0 Å². The summed E-state index contributed by atoms with van der Waals surface area (Å²) in [4.78, 5) is 13.3. The molecule has 0 saturated carbocycles. The normalized spacial score (nSPS) is 11.9. The van der Waals surface area contributed by atoms with Crippen LogP contribution in [0.3, 0.4) is 0 Å². The predicted molar refractivity (Wildman–Crippen MR) is 121 cm³/mol. The summed E-state index contributed by atoms with van der Waals surface area (Å²) in [6.45, 7) is 5.94.